The van der Waals surface area contributed by atoms with E-state index in [1.165, 1.54) is 6.07 Å². The van der Waals surface area contributed by atoms with Crippen LogP contribution in [-0.4, -0.2) is 23.4 Å². The Balaban J connectivity index is 3.17. The predicted octanol–water partition coefficient (Wildman–Crippen LogP) is 0.891. The zero-order valence-electron chi connectivity index (χ0n) is 8.32. The third kappa shape index (κ3) is 2.27. The molecule has 2 atom stereocenters. The van der Waals surface area contributed by atoms with Gasteiger partial charge in [0.2, 0.25) is 5.82 Å². The van der Waals surface area contributed by atoms with Gasteiger partial charge in [0.1, 0.15) is 6.10 Å². The predicted molar refractivity (Wildman–Crippen MR) is 49.5 cm³/mol. The lowest BCUT2D eigenvalue weighted by Gasteiger charge is -2.13. The Morgan fingerprint density at radius 1 is 1.38 bits per heavy atom. The van der Waals surface area contributed by atoms with E-state index in [2.05, 4.69) is 4.74 Å². The normalized spacial score (nSPS) is 14.0. The van der Waals surface area contributed by atoms with Crippen LogP contribution < -0.4 is 4.74 Å². The molecule has 0 radical (unpaired) electrons. The summed E-state index contributed by atoms with van der Waals surface area (Å²) in [5, 5.41) is 26.8. The molecular weight excluding hydrogens is 220 g/mol. The number of nitriles is 1. The molecule has 1 aromatic rings. The minimum absolute atomic E-state index is 0.134. The third-order valence-corrected chi connectivity index (χ3v) is 2.01. The van der Waals surface area contributed by atoms with E-state index in [1.54, 1.807) is 0 Å². The molecule has 1 aromatic carbocycles. The van der Waals surface area contributed by atoms with Gasteiger partial charge in [0.05, 0.1) is 13.2 Å². The molecule has 2 unspecified atom stereocenters. The standard InChI is InChI=1S/C10H9F2NO3/c1-16-8-3-5(2-6(11)9(8)12)10(15)7(14)4-13/h2-3,7,10,14-15H,1H3. The van der Waals surface area contributed by atoms with Gasteiger partial charge in [0, 0.05) is 0 Å². The Labute approximate surface area is 90.3 Å². The summed E-state index contributed by atoms with van der Waals surface area (Å²) in [7, 11) is 1.13. The van der Waals surface area contributed by atoms with Crippen LogP contribution in [0.3, 0.4) is 0 Å². The van der Waals surface area contributed by atoms with Gasteiger partial charge >= 0.3 is 0 Å². The molecule has 0 saturated heterocycles. The molecule has 0 aliphatic rings. The highest BCUT2D eigenvalue weighted by Gasteiger charge is 2.21. The lowest BCUT2D eigenvalue weighted by atomic mass is 10.0. The second-order valence-electron chi connectivity index (χ2n) is 3.04. The molecule has 0 spiro atoms. The first kappa shape index (κ1) is 12.4. The minimum Gasteiger partial charge on any atom is -0.494 e. The summed E-state index contributed by atoms with van der Waals surface area (Å²) < 4.78 is 30.6. The molecule has 86 valence electrons. The largest absolute Gasteiger partial charge is 0.494 e. The number of nitrogens with zero attached hydrogens (tertiary/aromatic N) is 1. The molecule has 6 heteroatoms. The van der Waals surface area contributed by atoms with E-state index < -0.39 is 29.6 Å². The Kier molecular flexibility index (Phi) is 3.77. The summed E-state index contributed by atoms with van der Waals surface area (Å²) in [6, 6.07) is 3.10. The van der Waals surface area contributed by atoms with Crippen molar-refractivity contribution in [1.29, 1.82) is 5.26 Å². The highest BCUT2D eigenvalue weighted by Crippen LogP contribution is 2.26. The average Bonchev–Trinajstić information content (AvgIpc) is 2.30. The third-order valence-electron chi connectivity index (χ3n) is 2.01. The summed E-state index contributed by atoms with van der Waals surface area (Å²) in [5.74, 6) is -2.82. The van der Waals surface area contributed by atoms with Crippen molar-refractivity contribution in [3.05, 3.63) is 29.3 Å². The molecule has 0 amide bonds. The molecule has 1 rings (SSSR count). The van der Waals surface area contributed by atoms with Crippen LogP contribution in [0.1, 0.15) is 11.7 Å². The van der Waals surface area contributed by atoms with Crippen LogP contribution in [0, 0.1) is 23.0 Å². The van der Waals surface area contributed by atoms with Crippen molar-refractivity contribution in [3.63, 3.8) is 0 Å². The summed E-state index contributed by atoms with van der Waals surface area (Å²) >= 11 is 0. The van der Waals surface area contributed by atoms with E-state index in [0.717, 1.165) is 13.2 Å². The topological polar surface area (TPSA) is 73.5 Å². The van der Waals surface area contributed by atoms with Crippen molar-refractivity contribution < 1.29 is 23.7 Å². The molecule has 0 aliphatic carbocycles. The van der Waals surface area contributed by atoms with Crippen LogP contribution in [0.15, 0.2) is 12.1 Å². The SMILES string of the molecule is COc1cc(C(O)C(O)C#N)cc(F)c1F. The van der Waals surface area contributed by atoms with Gasteiger partial charge in [-0.25, -0.2) is 4.39 Å². The number of halogens is 2. The molecule has 4 nitrogen and oxygen atoms in total. The fourth-order valence-corrected chi connectivity index (χ4v) is 1.16. The molecular formula is C10H9F2NO3. The number of aliphatic hydroxyl groups excluding tert-OH is 2. The van der Waals surface area contributed by atoms with Crippen molar-refractivity contribution in [2.24, 2.45) is 0 Å². The average molecular weight is 229 g/mol. The van der Waals surface area contributed by atoms with Crippen molar-refractivity contribution in [2.75, 3.05) is 7.11 Å². The van der Waals surface area contributed by atoms with Gasteiger partial charge in [0.25, 0.3) is 0 Å². The lowest BCUT2D eigenvalue weighted by Crippen LogP contribution is -2.16. The van der Waals surface area contributed by atoms with Gasteiger partial charge in [0.15, 0.2) is 17.7 Å². The maximum absolute atomic E-state index is 13.0. The zero-order chi connectivity index (χ0) is 12.3. The second kappa shape index (κ2) is 4.88. The van der Waals surface area contributed by atoms with Gasteiger partial charge in [-0.15, -0.1) is 0 Å². The molecule has 0 aliphatic heterocycles. The number of methoxy groups -OCH3 is 1. The Hall–Kier alpha value is -1.71. The van der Waals surface area contributed by atoms with E-state index >= 15 is 0 Å². The van der Waals surface area contributed by atoms with Crippen LogP contribution in [0.4, 0.5) is 8.78 Å². The van der Waals surface area contributed by atoms with Crippen LogP contribution in [0.25, 0.3) is 0 Å². The number of rotatable bonds is 3. The summed E-state index contributed by atoms with van der Waals surface area (Å²) in [5.41, 5.74) is -0.134. The van der Waals surface area contributed by atoms with Crippen LogP contribution in [0.2, 0.25) is 0 Å². The number of hydrogen-bond acceptors (Lipinski definition) is 4. The Morgan fingerprint density at radius 3 is 2.50 bits per heavy atom. The molecule has 0 saturated carbocycles. The van der Waals surface area contributed by atoms with E-state index in [9.17, 15) is 13.9 Å². The van der Waals surface area contributed by atoms with Crippen molar-refractivity contribution >= 4 is 0 Å². The van der Waals surface area contributed by atoms with Crippen molar-refractivity contribution in [3.8, 4) is 11.8 Å². The van der Waals surface area contributed by atoms with E-state index in [4.69, 9.17) is 10.4 Å². The highest BCUT2D eigenvalue weighted by atomic mass is 19.2. The molecule has 0 fully saturated rings. The maximum atomic E-state index is 13.0. The number of ether oxygens (including phenoxy) is 1. The maximum Gasteiger partial charge on any atom is 0.200 e. The summed E-state index contributed by atoms with van der Waals surface area (Å²) in [6.45, 7) is 0. The minimum atomic E-state index is -1.71. The van der Waals surface area contributed by atoms with E-state index in [0.29, 0.717) is 6.07 Å². The van der Waals surface area contributed by atoms with Crippen LogP contribution >= 0.6 is 0 Å². The second-order valence-corrected chi connectivity index (χ2v) is 3.04. The fourth-order valence-electron chi connectivity index (χ4n) is 1.16. The van der Waals surface area contributed by atoms with Crippen LogP contribution in [0.5, 0.6) is 5.75 Å². The Morgan fingerprint density at radius 2 is 2.00 bits per heavy atom. The summed E-state index contributed by atoms with van der Waals surface area (Å²) in [4.78, 5) is 0. The molecule has 2 N–H and O–H groups in total. The first-order valence-corrected chi connectivity index (χ1v) is 4.30. The summed E-state index contributed by atoms with van der Waals surface area (Å²) in [6.07, 6.45) is -3.33. The van der Waals surface area contributed by atoms with Crippen LogP contribution in [-0.2, 0) is 0 Å². The lowest BCUT2D eigenvalue weighted by molar-refractivity contribution is 0.0523. The van der Waals surface area contributed by atoms with Gasteiger partial charge < -0.3 is 14.9 Å². The van der Waals surface area contributed by atoms with Gasteiger partial charge in [-0.05, 0) is 17.7 Å². The van der Waals surface area contributed by atoms with E-state index in [1.807, 2.05) is 0 Å². The molecule has 0 heterocycles. The fraction of sp³-hybridized carbons (Fsp3) is 0.300. The van der Waals surface area contributed by atoms with Crippen molar-refractivity contribution in [1.82, 2.24) is 0 Å². The molecule has 0 aromatic heterocycles. The first-order chi connectivity index (χ1) is 7.51. The van der Waals surface area contributed by atoms with Gasteiger partial charge in [-0.2, -0.15) is 9.65 Å². The Bertz CT molecular complexity index is 431. The number of aliphatic hydroxyl groups is 2. The van der Waals surface area contributed by atoms with Crippen molar-refractivity contribution in [2.45, 2.75) is 12.2 Å². The van der Waals surface area contributed by atoms with Gasteiger partial charge in [-0.3, -0.25) is 0 Å². The monoisotopic (exact) mass is 229 g/mol. The molecule has 16 heavy (non-hydrogen) atoms. The first-order valence-electron chi connectivity index (χ1n) is 4.30. The zero-order valence-corrected chi connectivity index (χ0v) is 8.32. The van der Waals surface area contributed by atoms with Gasteiger partial charge in [-0.1, -0.05) is 0 Å². The number of benzene rings is 1. The number of hydrogen-bond donors (Lipinski definition) is 2. The highest BCUT2D eigenvalue weighted by molar-refractivity contribution is 5.33. The smallest absolute Gasteiger partial charge is 0.200 e. The quantitative estimate of drug-likeness (QED) is 0.755. The molecule has 0 bridgehead atoms. The van der Waals surface area contributed by atoms with E-state index in [-0.39, 0.29) is 5.56 Å².